The molecule has 29 heavy (non-hydrogen) atoms. The molecule has 7 heteroatoms. The molecule has 2 aromatic heterocycles. The molecule has 1 N–H and O–H groups in total. The summed E-state index contributed by atoms with van der Waals surface area (Å²) in [7, 11) is 0. The number of thiophene rings is 1. The van der Waals surface area contributed by atoms with Crippen molar-refractivity contribution in [2.24, 2.45) is 0 Å². The van der Waals surface area contributed by atoms with Crippen LogP contribution in [0, 0.1) is 6.92 Å². The first-order valence-electron chi connectivity index (χ1n) is 9.74. The summed E-state index contributed by atoms with van der Waals surface area (Å²) in [6.45, 7) is 3.78. The summed E-state index contributed by atoms with van der Waals surface area (Å²) in [5, 5.41) is 7.56. The fraction of sp³-hybridized carbons (Fsp3) is 0.318. The average molecular weight is 410 g/mol. The number of fused-ring (bicyclic) bond motifs is 1. The smallest absolute Gasteiger partial charge is 0.341 e. The molecular formula is C22H22N2O4S. The number of carbonyl (C=O) groups excluding carboxylic acids is 2. The van der Waals surface area contributed by atoms with Gasteiger partial charge in [-0.15, -0.1) is 11.3 Å². The van der Waals surface area contributed by atoms with Crippen molar-refractivity contribution >= 4 is 28.2 Å². The number of esters is 1. The highest BCUT2D eigenvalue weighted by atomic mass is 32.1. The lowest BCUT2D eigenvalue weighted by atomic mass is 9.95. The molecule has 3 aromatic rings. The second-order valence-electron chi connectivity index (χ2n) is 6.92. The van der Waals surface area contributed by atoms with Crippen molar-refractivity contribution in [3.8, 4) is 11.3 Å². The van der Waals surface area contributed by atoms with E-state index >= 15 is 0 Å². The maximum absolute atomic E-state index is 13.2. The lowest BCUT2D eigenvalue weighted by molar-refractivity contribution is 0.0526. The second kappa shape index (κ2) is 8.21. The lowest BCUT2D eigenvalue weighted by Crippen LogP contribution is -2.16. The maximum Gasteiger partial charge on any atom is 0.341 e. The number of benzene rings is 1. The zero-order valence-electron chi connectivity index (χ0n) is 16.4. The van der Waals surface area contributed by atoms with Crippen molar-refractivity contribution in [3.63, 3.8) is 0 Å². The molecule has 0 fully saturated rings. The molecule has 1 aliphatic rings. The first-order valence-corrected chi connectivity index (χ1v) is 10.6. The van der Waals surface area contributed by atoms with Crippen LogP contribution in [0.4, 0.5) is 5.00 Å². The topological polar surface area (TPSA) is 81.4 Å². The van der Waals surface area contributed by atoms with E-state index in [9.17, 15) is 9.59 Å². The van der Waals surface area contributed by atoms with E-state index in [1.54, 1.807) is 13.8 Å². The first-order chi connectivity index (χ1) is 14.1. The minimum Gasteiger partial charge on any atom is -0.462 e. The standard InChI is InChI=1S/C22H22N2O4S/c1-3-27-22(26)18-15-11-7-8-12-16(15)29-21(18)23-20(25)17-13(2)28-24-19(17)14-9-5-4-6-10-14/h4-6,9-10H,3,7-8,11-12H2,1-2H3,(H,23,25). The van der Waals surface area contributed by atoms with Crippen LogP contribution in [0.25, 0.3) is 11.3 Å². The third-order valence-corrected chi connectivity index (χ3v) is 6.22. The van der Waals surface area contributed by atoms with Crippen LogP contribution in [0.5, 0.6) is 0 Å². The van der Waals surface area contributed by atoms with E-state index in [2.05, 4.69) is 10.5 Å². The Morgan fingerprint density at radius 3 is 2.69 bits per heavy atom. The van der Waals surface area contributed by atoms with Crippen molar-refractivity contribution < 1.29 is 18.8 Å². The van der Waals surface area contributed by atoms with E-state index in [1.807, 2.05) is 30.3 Å². The molecule has 0 saturated carbocycles. The Labute approximate surface area is 172 Å². The van der Waals surface area contributed by atoms with Gasteiger partial charge in [0.25, 0.3) is 5.91 Å². The van der Waals surface area contributed by atoms with Crippen LogP contribution in [0.2, 0.25) is 0 Å². The van der Waals surface area contributed by atoms with Gasteiger partial charge in [0.15, 0.2) is 0 Å². The van der Waals surface area contributed by atoms with Gasteiger partial charge >= 0.3 is 5.97 Å². The highest BCUT2D eigenvalue weighted by Gasteiger charge is 2.29. The Hall–Kier alpha value is -2.93. The predicted molar refractivity (Wildman–Crippen MR) is 112 cm³/mol. The summed E-state index contributed by atoms with van der Waals surface area (Å²) in [4.78, 5) is 27.0. The number of carbonyl (C=O) groups is 2. The van der Waals surface area contributed by atoms with Crippen LogP contribution < -0.4 is 5.32 Å². The number of rotatable bonds is 5. The second-order valence-corrected chi connectivity index (χ2v) is 8.02. The van der Waals surface area contributed by atoms with Gasteiger partial charge < -0.3 is 14.6 Å². The first kappa shape index (κ1) is 19.4. The fourth-order valence-corrected chi connectivity index (χ4v) is 4.94. The number of nitrogens with zero attached hydrogens (tertiary/aromatic N) is 1. The van der Waals surface area contributed by atoms with E-state index in [0.717, 1.165) is 41.7 Å². The molecule has 1 aliphatic carbocycles. The van der Waals surface area contributed by atoms with E-state index in [1.165, 1.54) is 11.3 Å². The van der Waals surface area contributed by atoms with Gasteiger partial charge in [0.05, 0.1) is 12.2 Å². The summed E-state index contributed by atoms with van der Waals surface area (Å²) in [5.74, 6) is -0.292. The molecule has 0 atom stereocenters. The molecule has 4 rings (SSSR count). The van der Waals surface area contributed by atoms with Crippen molar-refractivity contribution in [1.29, 1.82) is 0 Å². The summed E-state index contributed by atoms with van der Waals surface area (Å²) in [6, 6.07) is 9.42. The average Bonchev–Trinajstić information content (AvgIpc) is 3.29. The number of nitrogens with one attached hydrogen (secondary N) is 1. The number of amides is 1. The van der Waals surface area contributed by atoms with E-state index in [0.29, 0.717) is 34.2 Å². The van der Waals surface area contributed by atoms with Crippen molar-refractivity contribution in [2.45, 2.75) is 39.5 Å². The molecule has 1 aromatic carbocycles. The molecule has 0 radical (unpaired) electrons. The number of hydrogen-bond donors (Lipinski definition) is 1. The lowest BCUT2D eigenvalue weighted by Gasteiger charge is -2.12. The van der Waals surface area contributed by atoms with Crippen LogP contribution in [0.3, 0.4) is 0 Å². The SMILES string of the molecule is CCOC(=O)c1c(NC(=O)c2c(-c3ccccc3)noc2C)sc2c1CCCC2. The quantitative estimate of drug-likeness (QED) is 0.597. The van der Waals surface area contributed by atoms with Gasteiger partial charge in [0, 0.05) is 10.4 Å². The molecular weight excluding hydrogens is 388 g/mol. The normalized spacial score (nSPS) is 13.0. The summed E-state index contributed by atoms with van der Waals surface area (Å²) in [5.41, 5.74) is 3.16. The van der Waals surface area contributed by atoms with Crippen molar-refractivity contribution in [2.75, 3.05) is 11.9 Å². The molecule has 0 unspecified atom stereocenters. The Kier molecular flexibility index (Phi) is 5.49. The highest BCUT2D eigenvalue weighted by molar-refractivity contribution is 7.17. The van der Waals surface area contributed by atoms with Gasteiger partial charge in [0.2, 0.25) is 0 Å². The molecule has 150 valence electrons. The number of anilines is 1. The molecule has 0 saturated heterocycles. The number of aryl methyl sites for hydroxylation is 2. The minimum atomic E-state index is -0.382. The summed E-state index contributed by atoms with van der Waals surface area (Å²) < 4.78 is 10.6. The van der Waals surface area contributed by atoms with Crippen LogP contribution in [-0.4, -0.2) is 23.6 Å². The number of hydrogen-bond acceptors (Lipinski definition) is 6. The largest absolute Gasteiger partial charge is 0.462 e. The van der Waals surface area contributed by atoms with Gasteiger partial charge in [-0.25, -0.2) is 4.79 Å². The summed E-state index contributed by atoms with van der Waals surface area (Å²) >= 11 is 1.47. The van der Waals surface area contributed by atoms with E-state index in [4.69, 9.17) is 9.26 Å². The summed E-state index contributed by atoms with van der Waals surface area (Å²) in [6.07, 6.45) is 3.87. The van der Waals surface area contributed by atoms with E-state index < -0.39 is 0 Å². The minimum absolute atomic E-state index is 0.291. The van der Waals surface area contributed by atoms with Crippen molar-refractivity contribution in [3.05, 3.63) is 57.7 Å². The van der Waals surface area contributed by atoms with E-state index in [-0.39, 0.29) is 11.9 Å². The molecule has 0 bridgehead atoms. The third-order valence-electron chi connectivity index (χ3n) is 5.01. The van der Waals surface area contributed by atoms with Crippen molar-refractivity contribution in [1.82, 2.24) is 5.16 Å². The highest BCUT2D eigenvalue weighted by Crippen LogP contribution is 2.39. The van der Waals surface area contributed by atoms with Crippen LogP contribution >= 0.6 is 11.3 Å². The monoisotopic (exact) mass is 410 g/mol. The third kappa shape index (κ3) is 3.70. The van der Waals surface area contributed by atoms with Gasteiger partial charge in [-0.05, 0) is 45.1 Å². The van der Waals surface area contributed by atoms with Gasteiger partial charge in [-0.2, -0.15) is 0 Å². The van der Waals surface area contributed by atoms with Gasteiger partial charge in [-0.3, -0.25) is 4.79 Å². The van der Waals surface area contributed by atoms with Crippen LogP contribution in [-0.2, 0) is 17.6 Å². The maximum atomic E-state index is 13.2. The molecule has 0 aliphatic heterocycles. The Bertz CT molecular complexity index is 1050. The Morgan fingerprint density at radius 1 is 1.17 bits per heavy atom. The Balaban J connectivity index is 1.71. The Morgan fingerprint density at radius 2 is 1.93 bits per heavy atom. The van der Waals surface area contributed by atoms with Gasteiger partial charge in [-0.1, -0.05) is 35.5 Å². The van der Waals surface area contributed by atoms with Crippen LogP contribution in [0.1, 0.15) is 56.7 Å². The number of ether oxygens (including phenoxy) is 1. The zero-order valence-corrected chi connectivity index (χ0v) is 17.2. The molecule has 2 heterocycles. The van der Waals surface area contributed by atoms with Crippen LogP contribution in [0.15, 0.2) is 34.9 Å². The fourth-order valence-electron chi connectivity index (χ4n) is 3.67. The zero-order chi connectivity index (χ0) is 20.4. The number of aromatic nitrogens is 1. The van der Waals surface area contributed by atoms with Gasteiger partial charge in [0.1, 0.15) is 22.0 Å². The molecule has 6 nitrogen and oxygen atoms in total. The molecule has 1 amide bonds. The molecule has 0 spiro atoms. The predicted octanol–water partition coefficient (Wildman–Crippen LogP) is 5.02.